The van der Waals surface area contributed by atoms with E-state index in [1.54, 1.807) is 0 Å². The summed E-state index contributed by atoms with van der Waals surface area (Å²) in [4.78, 5) is 2.52. The number of benzene rings is 11. The average molecular weight is 855 g/mol. The molecular formula is C63H38N2S. The summed E-state index contributed by atoms with van der Waals surface area (Å²) in [7, 11) is 0. The van der Waals surface area contributed by atoms with Gasteiger partial charge in [0.15, 0.2) is 0 Å². The van der Waals surface area contributed by atoms with Gasteiger partial charge in [-0.25, -0.2) is 0 Å². The van der Waals surface area contributed by atoms with Crippen molar-refractivity contribution < 1.29 is 0 Å². The second-order valence-corrected chi connectivity index (χ2v) is 19.0. The van der Waals surface area contributed by atoms with Crippen LogP contribution < -0.4 is 4.90 Å². The molecule has 2 heterocycles. The van der Waals surface area contributed by atoms with Gasteiger partial charge in [0.25, 0.3) is 0 Å². The third-order valence-corrected chi connectivity index (χ3v) is 15.9. The first-order chi connectivity index (χ1) is 32.8. The number of para-hydroxylation sites is 1. The van der Waals surface area contributed by atoms with Gasteiger partial charge in [-0.2, -0.15) is 0 Å². The van der Waals surface area contributed by atoms with E-state index in [1.165, 1.54) is 114 Å². The molecule has 11 aromatic carbocycles. The molecule has 0 atom stereocenters. The van der Waals surface area contributed by atoms with Crippen molar-refractivity contribution in [1.29, 1.82) is 0 Å². The van der Waals surface area contributed by atoms with Crippen molar-refractivity contribution >= 4 is 91.9 Å². The van der Waals surface area contributed by atoms with Crippen molar-refractivity contribution in [2.75, 3.05) is 4.90 Å². The predicted molar refractivity (Wildman–Crippen MR) is 280 cm³/mol. The molecule has 0 unspecified atom stereocenters. The maximum Gasteiger partial charge on any atom is 0.0726 e. The first-order valence-corrected chi connectivity index (χ1v) is 23.7. The second-order valence-electron chi connectivity index (χ2n) is 17.9. The third kappa shape index (κ3) is 4.69. The Bertz CT molecular complexity index is 4150. The van der Waals surface area contributed by atoms with Gasteiger partial charge >= 0.3 is 0 Å². The highest BCUT2D eigenvalue weighted by Gasteiger charge is 2.50. The van der Waals surface area contributed by atoms with Crippen LogP contribution in [0.1, 0.15) is 22.3 Å². The van der Waals surface area contributed by atoms with E-state index in [4.69, 9.17) is 0 Å². The van der Waals surface area contributed by atoms with Gasteiger partial charge < -0.3 is 9.47 Å². The minimum atomic E-state index is -0.533. The molecule has 2 aliphatic carbocycles. The number of rotatable bonds is 4. The smallest absolute Gasteiger partial charge is 0.0726 e. The van der Waals surface area contributed by atoms with Crippen LogP contribution in [0.5, 0.6) is 0 Å². The fraction of sp³-hybridized carbons (Fsp3) is 0.0159. The summed E-state index contributed by atoms with van der Waals surface area (Å²) in [6.07, 6.45) is 0. The Kier molecular flexibility index (Phi) is 7.34. The summed E-state index contributed by atoms with van der Waals surface area (Å²) in [6, 6.07) is 86.6. The average Bonchev–Trinajstić information content (AvgIpc) is 4.02. The van der Waals surface area contributed by atoms with Gasteiger partial charge in [0.1, 0.15) is 0 Å². The van der Waals surface area contributed by atoms with Crippen molar-refractivity contribution in [3.63, 3.8) is 0 Å². The van der Waals surface area contributed by atoms with Crippen LogP contribution in [0.3, 0.4) is 0 Å². The Morgan fingerprint density at radius 2 is 0.924 bits per heavy atom. The zero-order chi connectivity index (χ0) is 43.1. The molecule has 2 aliphatic rings. The lowest BCUT2D eigenvalue weighted by atomic mass is 9.61. The highest BCUT2D eigenvalue weighted by Crippen LogP contribution is 2.62. The topological polar surface area (TPSA) is 8.17 Å². The molecule has 3 heteroatoms. The van der Waals surface area contributed by atoms with Gasteiger partial charge in [0, 0.05) is 47.7 Å². The van der Waals surface area contributed by atoms with Crippen molar-refractivity contribution in [2.45, 2.75) is 5.41 Å². The highest BCUT2D eigenvalue weighted by molar-refractivity contribution is 7.25. The molecule has 0 amide bonds. The molecule has 0 saturated carbocycles. The van der Waals surface area contributed by atoms with E-state index < -0.39 is 5.41 Å². The normalized spacial score (nSPS) is 13.3. The number of anilines is 3. The minimum Gasteiger partial charge on any atom is -0.310 e. The van der Waals surface area contributed by atoms with Gasteiger partial charge in [-0.1, -0.05) is 176 Å². The van der Waals surface area contributed by atoms with Crippen LogP contribution in [0.2, 0.25) is 0 Å². The summed E-state index contributed by atoms with van der Waals surface area (Å²) in [5.74, 6) is 0. The number of hydrogen-bond donors (Lipinski definition) is 0. The quantitative estimate of drug-likeness (QED) is 0.171. The van der Waals surface area contributed by atoms with E-state index in [-0.39, 0.29) is 0 Å². The fourth-order valence-corrected chi connectivity index (χ4v) is 13.3. The first kappa shape index (κ1) is 36.1. The Labute approximate surface area is 385 Å². The monoisotopic (exact) mass is 854 g/mol. The van der Waals surface area contributed by atoms with E-state index in [9.17, 15) is 0 Å². The van der Waals surface area contributed by atoms with E-state index in [2.05, 4.69) is 240 Å². The lowest BCUT2D eigenvalue weighted by molar-refractivity contribution is 0.773. The lowest BCUT2D eigenvalue weighted by Crippen LogP contribution is -2.32. The number of thiophene rings is 1. The Hall–Kier alpha value is -8.24. The SMILES string of the molecule is c1ccc2c(c1)-c1ccccc1C21c2cc(N(c3ccc4c5ccccc5n(-c5cccc6sc7ccccc7c56)c4c3)c3cccc4ccccc34)ccc2-c2cccc3cccc1c23. The number of aromatic nitrogens is 1. The van der Waals surface area contributed by atoms with Crippen molar-refractivity contribution in [1.82, 2.24) is 4.57 Å². The van der Waals surface area contributed by atoms with Crippen LogP contribution >= 0.6 is 11.3 Å². The number of fused-ring (bicyclic) bond motifs is 16. The predicted octanol–water partition coefficient (Wildman–Crippen LogP) is 17.3. The summed E-state index contributed by atoms with van der Waals surface area (Å²) < 4.78 is 5.12. The molecule has 2 nitrogen and oxygen atoms in total. The number of nitrogens with zero attached hydrogens (tertiary/aromatic N) is 2. The summed E-state index contributed by atoms with van der Waals surface area (Å²) >= 11 is 1.87. The van der Waals surface area contributed by atoms with Crippen LogP contribution in [-0.4, -0.2) is 4.57 Å². The summed E-state index contributed by atoms with van der Waals surface area (Å²) in [5, 5.41) is 10.1. The molecule has 1 spiro atoms. The zero-order valence-corrected chi connectivity index (χ0v) is 36.6. The highest BCUT2D eigenvalue weighted by atomic mass is 32.1. The maximum absolute atomic E-state index is 2.53. The molecule has 306 valence electrons. The van der Waals surface area contributed by atoms with E-state index in [0.29, 0.717) is 0 Å². The Balaban J connectivity index is 1.05. The van der Waals surface area contributed by atoms with Crippen molar-refractivity contribution in [3.05, 3.63) is 253 Å². The largest absolute Gasteiger partial charge is 0.310 e. The lowest BCUT2D eigenvalue weighted by Gasteiger charge is -2.41. The molecule has 0 aliphatic heterocycles. The van der Waals surface area contributed by atoms with Gasteiger partial charge in [-0.15, -0.1) is 11.3 Å². The van der Waals surface area contributed by atoms with E-state index in [1.807, 2.05) is 11.3 Å². The summed E-state index contributed by atoms with van der Waals surface area (Å²) in [6.45, 7) is 0. The molecular weight excluding hydrogens is 817 g/mol. The molecule has 0 bridgehead atoms. The maximum atomic E-state index is 2.53. The van der Waals surface area contributed by atoms with Gasteiger partial charge in [-0.3, -0.25) is 0 Å². The standard InChI is InChI=1S/C63H38N2S/c1-2-19-43-39(15-1)16-13-29-55(43)64(42-34-36-48-47-22-5-9-28-56(47)65(58(48)38-42)57-30-14-32-60-62(57)50-23-6-10-31-59(50)66-60)41-33-35-46-49-24-11-17-40-18-12-27-53(61(40)49)63(54(46)37-41)51-25-7-3-20-44(51)45-21-4-8-26-52(45)63/h1-38H. The number of hydrogen-bond acceptors (Lipinski definition) is 2. The molecule has 0 fully saturated rings. The Morgan fingerprint density at radius 1 is 0.348 bits per heavy atom. The molecule has 2 aromatic heterocycles. The van der Waals surface area contributed by atoms with Gasteiger partial charge in [0.2, 0.25) is 0 Å². The first-order valence-electron chi connectivity index (χ1n) is 22.8. The summed E-state index contributed by atoms with van der Waals surface area (Å²) in [5.41, 5.74) is 16.9. The van der Waals surface area contributed by atoms with E-state index >= 15 is 0 Å². The van der Waals surface area contributed by atoms with Crippen molar-refractivity contribution in [2.24, 2.45) is 0 Å². The van der Waals surface area contributed by atoms with Gasteiger partial charge in [0.05, 0.1) is 27.8 Å². The zero-order valence-electron chi connectivity index (χ0n) is 35.7. The third-order valence-electron chi connectivity index (χ3n) is 14.8. The molecule has 0 radical (unpaired) electrons. The second kappa shape index (κ2) is 13.4. The van der Waals surface area contributed by atoms with Crippen LogP contribution in [-0.2, 0) is 5.41 Å². The van der Waals surface area contributed by atoms with Crippen LogP contribution in [0.25, 0.3) is 91.5 Å². The van der Waals surface area contributed by atoms with Crippen LogP contribution in [0.15, 0.2) is 231 Å². The fourth-order valence-electron chi connectivity index (χ4n) is 12.2. The minimum absolute atomic E-state index is 0.533. The van der Waals surface area contributed by atoms with Crippen LogP contribution in [0.4, 0.5) is 17.1 Å². The Morgan fingerprint density at radius 3 is 1.79 bits per heavy atom. The van der Waals surface area contributed by atoms with E-state index in [0.717, 1.165) is 17.1 Å². The van der Waals surface area contributed by atoms with Gasteiger partial charge in [-0.05, 0) is 115 Å². The van der Waals surface area contributed by atoms with Crippen molar-refractivity contribution in [3.8, 4) is 27.9 Å². The molecule has 0 N–H and O–H groups in total. The molecule has 66 heavy (non-hydrogen) atoms. The molecule has 15 rings (SSSR count). The molecule has 0 saturated heterocycles. The van der Waals surface area contributed by atoms with Crippen LogP contribution in [0, 0.1) is 0 Å². The molecule has 13 aromatic rings.